The number of hydrogen-bond acceptors (Lipinski definition) is 0. The molecule has 4 fully saturated rings. The molecule has 0 radical (unpaired) electrons. The van der Waals surface area contributed by atoms with Crippen molar-refractivity contribution in [1.29, 1.82) is 0 Å². The van der Waals surface area contributed by atoms with Gasteiger partial charge >= 0.3 is 0 Å². The maximum absolute atomic E-state index is 2.74. The van der Waals surface area contributed by atoms with Gasteiger partial charge < -0.3 is 0 Å². The quantitative estimate of drug-likeness (QED) is 0.298. The first-order valence-corrected chi connectivity index (χ1v) is 13.1. The number of fused-ring (bicyclic) bond motifs is 5. The van der Waals surface area contributed by atoms with Gasteiger partial charge in [-0.25, -0.2) is 0 Å². The molecule has 0 aromatic carbocycles. The van der Waals surface area contributed by atoms with Gasteiger partial charge in [-0.2, -0.15) is 0 Å². The van der Waals surface area contributed by atoms with Crippen LogP contribution >= 0.6 is 22.6 Å². The minimum atomic E-state index is 0.684. The highest BCUT2D eigenvalue weighted by Gasteiger charge is 2.59. The van der Waals surface area contributed by atoms with Crippen LogP contribution in [-0.2, 0) is 0 Å². The molecule has 0 spiro atoms. The molecule has 0 nitrogen and oxygen atoms in total. The molecule has 0 heterocycles. The van der Waals surface area contributed by atoms with Crippen LogP contribution in [0.5, 0.6) is 0 Å². The summed E-state index contributed by atoms with van der Waals surface area (Å²) in [6.07, 6.45) is 18.5. The van der Waals surface area contributed by atoms with Gasteiger partial charge in [-0.1, -0.05) is 56.2 Å². The van der Waals surface area contributed by atoms with Gasteiger partial charge in [-0.15, -0.1) is 0 Å². The van der Waals surface area contributed by atoms with Crippen LogP contribution in [0.15, 0.2) is 0 Å². The van der Waals surface area contributed by atoms with Crippen molar-refractivity contribution in [2.75, 3.05) is 4.43 Å². The molecule has 0 aliphatic heterocycles. The predicted molar refractivity (Wildman–Crippen MR) is 117 cm³/mol. The van der Waals surface area contributed by atoms with Crippen LogP contribution in [0.2, 0.25) is 0 Å². The first kappa shape index (κ1) is 19.1. The van der Waals surface area contributed by atoms with E-state index in [2.05, 4.69) is 43.4 Å². The first-order valence-electron chi connectivity index (χ1n) is 11.6. The fourth-order valence-corrected chi connectivity index (χ4v) is 9.31. The minimum Gasteiger partial charge on any atom is -0.0864 e. The maximum atomic E-state index is 2.74. The summed E-state index contributed by atoms with van der Waals surface area (Å²) in [6, 6.07) is 0. The lowest BCUT2D eigenvalue weighted by Gasteiger charge is -2.61. The number of rotatable bonds is 4. The Morgan fingerprint density at radius 2 is 1.68 bits per heavy atom. The third-order valence-corrected chi connectivity index (χ3v) is 10.9. The second-order valence-electron chi connectivity index (χ2n) is 10.9. The summed E-state index contributed by atoms with van der Waals surface area (Å²) < 4.78 is 1.35. The smallest absolute Gasteiger partial charge is 0.000463 e. The summed E-state index contributed by atoms with van der Waals surface area (Å²) in [6.45, 7) is 8.06. The van der Waals surface area contributed by atoms with Gasteiger partial charge in [0.1, 0.15) is 0 Å². The standard InChI is InChI=1S/C24H41I/c1-17(7-6-16-25)20-11-12-21-19-10-9-18-8-4-5-14-23(18,2)22(19)13-15-24(20,21)3/h17-22H,4-16H2,1-3H3/t17-,18-,19-,20+,21-,22-,23-,24+/m0/s1. The first-order chi connectivity index (χ1) is 12.0. The van der Waals surface area contributed by atoms with Gasteiger partial charge in [0, 0.05) is 0 Å². The molecule has 0 unspecified atom stereocenters. The zero-order valence-electron chi connectivity index (χ0n) is 17.0. The largest absolute Gasteiger partial charge is 0.0864 e. The SMILES string of the molecule is C[C@@H](CCCI)[C@H]1CC[C@H]2[C@@H]3CC[C@@H]4CCCC[C@]4(C)[C@H]3CC[C@]12C. The van der Waals surface area contributed by atoms with Crippen LogP contribution < -0.4 is 0 Å². The van der Waals surface area contributed by atoms with Crippen molar-refractivity contribution in [3.8, 4) is 0 Å². The lowest BCUT2D eigenvalue weighted by Crippen LogP contribution is -2.53. The molecule has 4 aliphatic carbocycles. The van der Waals surface area contributed by atoms with E-state index >= 15 is 0 Å². The highest BCUT2D eigenvalue weighted by Crippen LogP contribution is 2.68. The van der Waals surface area contributed by atoms with Crippen molar-refractivity contribution in [1.82, 2.24) is 0 Å². The minimum absolute atomic E-state index is 0.684. The van der Waals surface area contributed by atoms with Crippen LogP contribution in [0.4, 0.5) is 0 Å². The van der Waals surface area contributed by atoms with E-state index in [4.69, 9.17) is 0 Å². The molecular weight excluding hydrogens is 415 g/mol. The predicted octanol–water partition coefficient (Wildman–Crippen LogP) is 7.89. The summed E-state index contributed by atoms with van der Waals surface area (Å²) >= 11 is 2.57. The molecule has 0 amide bonds. The van der Waals surface area contributed by atoms with Crippen molar-refractivity contribution in [3.05, 3.63) is 0 Å². The van der Waals surface area contributed by atoms with Crippen LogP contribution in [0.3, 0.4) is 0 Å². The Hall–Kier alpha value is 0.730. The van der Waals surface area contributed by atoms with Crippen LogP contribution in [-0.4, -0.2) is 4.43 Å². The van der Waals surface area contributed by atoms with Crippen molar-refractivity contribution in [2.45, 2.75) is 97.8 Å². The van der Waals surface area contributed by atoms with Crippen molar-refractivity contribution < 1.29 is 0 Å². The molecule has 4 rings (SSSR count). The Labute approximate surface area is 170 Å². The van der Waals surface area contributed by atoms with Gasteiger partial charge in [0.05, 0.1) is 0 Å². The van der Waals surface area contributed by atoms with E-state index in [1.54, 1.807) is 51.4 Å². The summed E-state index contributed by atoms with van der Waals surface area (Å²) in [4.78, 5) is 0. The maximum Gasteiger partial charge on any atom is -0.000463 e. The molecule has 0 aromatic heterocycles. The topological polar surface area (TPSA) is 0 Å². The Balaban J connectivity index is 1.53. The van der Waals surface area contributed by atoms with Gasteiger partial charge in [0.2, 0.25) is 0 Å². The Bertz CT molecular complexity index is 473. The highest BCUT2D eigenvalue weighted by atomic mass is 127. The van der Waals surface area contributed by atoms with Crippen molar-refractivity contribution in [2.24, 2.45) is 46.3 Å². The molecule has 0 saturated heterocycles. The molecule has 0 N–H and O–H groups in total. The fourth-order valence-electron chi connectivity index (χ4n) is 8.87. The van der Waals surface area contributed by atoms with E-state index in [1.807, 2.05) is 0 Å². The monoisotopic (exact) mass is 456 g/mol. The summed E-state index contributed by atoms with van der Waals surface area (Å²) in [5, 5.41) is 0. The third-order valence-electron chi connectivity index (χ3n) is 10.1. The molecule has 25 heavy (non-hydrogen) atoms. The second kappa shape index (κ2) is 7.28. The van der Waals surface area contributed by atoms with Crippen LogP contribution in [0.1, 0.15) is 97.8 Å². The summed E-state index contributed by atoms with van der Waals surface area (Å²) in [5.41, 5.74) is 1.40. The van der Waals surface area contributed by atoms with E-state index in [0.717, 1.165) is 35.5 Å². The number of alkyl halides is 1. The molecule has 0 aromatic rings. The highest BCUT2D eigenvalue weighted by molar-refractivity contribution is 14.1. The molecule has 144 valence electrons. The average molecular weight is 456 g/mol. The van der Waals surface area contributed by atoms with Gasteiger partial charge in [0.15, 0.2) is 0 Å². The van der Waals surface area contributed by atoms with Gasteiger partial charge in [-0.05, 0) is 115 Å². The third kappa shape index (κ3) is 3.05. The Morgan fingerprint density at radius 1 is 0.880 bits per heavy atom. The Kier molecular flexibility index (Phi) is 5.55. The normalized spacial score (nSPS) is 50.6. The number of hydrogen-bond donors (Lipinski definition) is 0. The number of halogens is 1. The zero-order chi connectivity index (χ0) is 17.7. The lowest BCUT2D eigenvalue weighted by atomic mass is 9.44. The van der Waals surface area contributed by atoms with E-state index < -0.39 is 0 Å². The van der Waals surface area contributed by atoms with Gasteiger partial charge in [-0.3, -0.25) is 0 Å². The fraction of sp³-hybridized carbons (Fsp3) is 1.00. The average Bonchev–Trinajstić information content (AvgIpc) is 2.96. The zero-order valence-corrected chi connectivity index (χ0v) is 19.2. The second-order valence-corrected chi connectivity index (χ2v) is 12.0. The molecule has 8 atom stereocenters. The lowest BCUT2D eigenvalue weighted by molar-refractivity contribution is -0.114. The van der Waals surface area contributed by atoms with E-state index in [1.165, 1.54) is 30.1 Å². The van der Waals surface area contributed by atoms with Crippen LogP contribution in [0.25, 0.3) is 0 Å². The van der Waals surface area contributed by atoms with E-state index in [9.17, 15) is 0 Å². The van der Waals surface area contributed by atoms with E-state index in [-0.39, 0.29) is 0 Å². The molecule has 4 aliphatic rings. The van der Waals surface area contributed by atoms with Crippen molar-refractivity contribution >= 4 is 22.6 Å². The summed E-state index contributed by atoms with van der Waals surface area (Å²) in [5.74, 6) is 6.29. The van der Waals surface area contributed by atoms with Gasteiger partial charge in [0.25, 0.3) is 0 Å². The Morgan fingerprint density at radius 3 is 2.48 bits per heavy atom. The van der Waals surface area contributed by atoms with Crippen LogP contribution in [0, 0.1) is 46.3 Å². The molecular formula is C24H41I. The van der Waals surface area contributed by atoms with Crippen molar-refractivity contribution in [3.63, 3.8) is 0 Å². The molecule has 0 bridgehead atoms. The molecule has 1 heteroatoms. The summed E-state index contributed by atoms with van der Waals surface area (Å²) in [7, 11) is 0. The van der Waals surface area contributed by atoms with E-state index in [0.29, 0.717) is 10.8 Å². The molecule has 4 saturated carbocycles.